The molecule has 5 amide bonds. The number of thiol groups is 1. The predicted molar refractivity (Wildman–Crippen MR) is 191 cm³/mol. The highest BCUT2D eigenvalue weighted by Gasteiger charge is 2.32. The zero-order valence-electron chi connectivity index (χ0n) is 27.8. The van der Waals surface area contributed by atoms with Crippen molar-refractivity contribution in [2.45, 2.75) is 81.7 Å². The van der Waals surface area contributed by atoms with Gasteiger partial charge in [0.2, 0.25) is 29.5 Å². The molecule has 1 aromatic carbocycles. The van der Waals surface area contributed by atoms with Crippen molar-refractivity contribution in [1.82, 2.24) is 31.9 Å². The van der Waals surface area contributed by atoms with Crippen LogP contribution in [0, 0.1) is 0 Å². The number of hydrogen-bond donors (Lipinski definition) is 10. The van der Waals surface area contributed by atoms with Crippen LogP contribution in [0.1, 0.15) is 44.6 Å². The first-order chi connectivity index (χ1) is 23.4. The van der Waals surface area contributed by atoms with Crippen molar-refractivity contribution in [3.05, 3.63) is 35.9 Å². The number of amides is 5. The van der Waals surface area contributed by atoms with Gasteiger partial charge in [-0.1, -0.05) is 30.3 Å². The summed E-state index contributed by atoms with van der Waals surface area (Å²) in [5, 5.41) is 25.5. The van der Waals surface area contributed by atoms with Crippen LogP contribution in [-0.4, -0.2) is 114 Å². The number of nitrogens with two attached hydrogens (primary N) is 2. The highest BCUT2D eigenvalue weighted by molar-refractivity contribution is 7.98. The number of aliphatic imine (C=N–C) groups is 1. The van der Waals surface area contributed by atoms with E-state index in [-0.39, 0.29) is 43.4 Å². The molecular formula is C31H49N9O7S2. The Kier molecular flexibility index (Phi) is 18.3. The number of rotatable bonds is 21. The quantitative estimate of drug-likeness (QED) is 0.0294. The molecule has 18 heteroatoms. The maximum atomic E-state index is 13.7. The number of carbonyl (C=O) groups is 6. The molecule has 2 rings (SSSR count). The largest absolute Gasteiger partial charge is 0.480 e. The number of guanidine groups is 1. The average molecular weight is 724 g/mol. The minimum Gasteiger partial charge on any atom is -0.480 e. The third-order valence-corrected chi connectivity index (χ3v) is 8.67. The fraction of sp³-hybridized carbons (Fsp3) is 0.581. The van der Waals surface area contributed by atoms with Crippen LogP contribution in [0.4, 0.5) is 0 Å². The van der Waals surface area contributed by atoms with Gasteiger partial charge in [0.1, 0.15) is 30.2 Å². The summed E-state index contributed by atoms with van der Waals surface area (Å²) in [4.78, 5) is 81.6. The molecule has 1 aliphatic rings. The van der Waals surface area contributed by atoms with Gasteiger partial charge in [-0.25, -0.2) is 4.79 Å². The van der Waals surface area contributed by atoms with Crippen LogP contribution in [0.2, 0.25) is 0 Å². The van der Waals surface area contributed by atoms with E-state index in [1.165, 1.54) is 18.7 Å². The number of nitrogens with one attached hydrogen (secondary N) is 6. The summed E-state index contributed by atoms with van der Waals surface area (Å²) in [6.07, 6.45) is 4.05. The normalized spacial score (nSPS) is 16.9. The van der Waals surface area contributed by atoms with Gasteiger partial charge in [-0.15, -0.1) is 0 Å². The van der Waals surface area contributed by atoms with Gasteiger partial charge in [0, 0.05) is 18.7 Å². The van der Waals surface area contributed by atoms with E-state index in [1.54, 1.807) is 0 Å². The topological polar surface area (TPSA) is 259 Å². The zero-order chi connectivity index (χ0) is 36.3. The number of carboxylic acid groups (broad SMARTS) is 1. The van der Waals surface area contributed by atoms with E-state index in [0.717, 1.165) is 12.0 Å². The Morgan fingerprint density at radius 1 is 0.918 bits per heavy atom. The minimum atomic E-state index is -1.27. The summed E-state index contributed by atoms with van der Waals surface area (Å²) >= 11 is 5.39. The molecule has 16 nitrogen and oxygen atoms in total. The van der Waals surface area contributed by atoms with Crippen molar-refractivity contribution in [2.24, 2.45) is 16.5 Å². The maximum Gasteiger partial charge on any atom is 0.327 e. The summed E-state index contributed by atoms with van der Waals surface area (Å²) in [6.45, 7) is 2.28. The van der Waals surface area contributed by atoms with Gasteiger partial charge < -0.3 is 48.5 Å². The van der Waals surface area contributed by atoms with Crippen LogP contribution in [0.3, 0.4) is 0 Å². The minimum absolute atomic E-state index is 0.0952. The van der Waals surface area contributed by atoms with E-state index >= 15 is 0 Å². The standard InChI is InChI=1S/C31H49N9O7S2/c1-18(25(41)37-22(12-15-49-2)28(44)40-24(17-48)30(46)47)36-27(43)21(11-7-14-35-31(32)33)38-29(45)23(16-19-8-4-3-5-9-19)39-26(42)20-10-6-13-34-20/h3-5,8-9,18,20-24,34,48H,6-7,10-17H2,1-2H3,(H,36,43)(H,37,41)(H,38,45)(H,39,42)(H,40,44)(H,46,47)(H4,32,33,35)/t18-,20-,21-,22-,23-,24-/m0/s1. The van der Waals surface area contributed by atoms with Crippen LogP contribution < -0.4 is 43.4 Å². The van der Waals surface area contributed by atoms with Crippen LogP contribution in [0.25, 0.3) is 0 Å². The molecule has 1 heterocycles. The predicted octanol–water partition coefficient (Wildman–Crippen LogP) is -1.75. The van der Waals surface area contributed by atoms with Crippen LogP contribution in [0.5, 0.6) is 0 Å². The summed E-state index contributed by atoms with van der Waals surface area (Å²) < 4.78 is 0. The van der Waals surface area contributed by atoms with Gasteiger partial charge in [0.25, 0.3) is 0 Å². The number of carboxylic acids is 1. The van der Waals surface area contributed by atoms with Crippen LogP contribution in [0.15, 0.2) is 35.3 Å². The SMILES string of the molecule is CSCC[C@H](NC(=O)[C@H](C)NC(=O)[C@H](CCCN=C(N)N)NC(=O)[C@H](Cc1ccccc1)NC(=O)[C@@H]1CCCN1)C(=O)N[C@@H](CS)C(=O)O. The number of hydrogen-bond acceptors (Lipinski definition) is 10. The molecule has 0 spiro atoms. The van der Waals surface area contributed by atoms with Crippen molar-refractivity contribution >= 4 is 65.9 Å². The molecule has 0 saturated carbocycles. The van der Waals surface area contributed by atoms with Gasteiger partial charge in [-0.2, -0.15) is 24.4 Å². The maximum absolute atomic E-state index is 13.7. The molecule has 0 aliphatic carbocycles. The lowest BCUT2D eigenvalue weighted by Crippen LogP contribution is -2.59. The lowest BCUT2D eigenvalue weighted by Gasteiger charge is -2.26. The number of thioether (sulfide) groups is 1. The molecule has 0 aromatic heterocycles. The lowest BCUT2D eigenvalue weighted by atomic mass is 10.0. The van der Waals surface area contributed by atoms with E-state index in [1.807, 2.05) is 36.6 Å². The Hall–Kier alpha value is -4.03. The Bertz CT molecular complexity index is 1300. The molecule has 0 radical (unpaired) electrons. The summed E-state index contributed by atoms with van der Waals surface area (Å²) in [5.74, 6) is -4.08. The Morgan fingerprint density at radius 2 is 1.53 bits per heavy atom. The molecule has 1 fully saturated rings. The van der Waals surface area contributed by atoms with Gasteiger partial charge >= 0.3 is 5.97 Å². The van der Waals surface area contributed by atoms with Gasteiger partial charge in [-0.05, 0) is 63.1 Å². The Morgan fingerprint density at radius 3 is 2.12 bits per heavy atom. The van der Waals surface area contributed by atoms with Crippen molar-refractivity contribution in [3.8, 4) is 0 Å². The van der Waals surface area contributed by atoms with Crippen LogP contribution in [-0.2, 0) is 35.2 Å². The molecule has 1 aromatic rings. The Balaban J connectivity index is 2.19. The van der Waals surface area contributed by atoms with Crippen molar-refractivity contribution in [2.75, 3.05) is 30.9 Å². The fourth-order valence-electron chi connectivity index (χ4n) is 4.92. The van der Waals surface area contributed by atoms with E-state index in [0.29, 0.717) is 25.1 Å². The third kappa shape index (κ3) is 15.0. The first kappa shape index (κ1) is 41.1. The second kappa shape index (κ2) is 21.8. The van der Waals surface area contributed by atoms with Crippen molar-refractivity contribution in [1.29, 1.82) is 0 Å². The summed E-state index contributed by atoms with van der Waals surface area (Å²) in [5.41, 5.74) is 11.7. The van der Waals surface area contributed by atoms with Gasteiger partial charge in [-0.3, -0.25) is 29.0 Å². The molecule has 11 N–H and O–H groups in total. The van der Waals surface area contributed by atoms with E-state index < -0.39 is 65.8 Å². The van der Waals surface area contributed by atoms with Gasteiger partial charge in [0.05, 0.1) is 6.04 Å². The fourth-order valence-corrected chi connectivity index (χ4v) is 5.64. The highest BCUT2D eigenvalue weighted by Crippen LogP contribution is 2.10. The zero-order valence-corrected chi connectivity index (χ0v) is 29.5. The average Bonchev–Trinajstić information content (AvgIpc) is 3.62. The molecule has 272 valence electrons. The van der Waals surface area contributed by atoms with Crippen molar-refractivity contribution in [3.63, 3.8) is 0 Å². The molecule has 6 atom stereocenters. The van der Waals surface area contributed by atoms with E-state index in [9.17, 15) is 33.9 Å². The molecule has 49 heavy (non-hydrogen) atoms. The smallest absolute Gasteiger partial charge is 0.327 e. The molecule has 1 aliphatic heterocycles. The lowest BCUT2D eigenvalue weighted by molar-refractivity contribution is -0.141. The van der Waals surface area contributed by atoms with E-state index in [4.69, 9.17) is 11.5 Å². The third-order valence-electron chi connectivity index (χ3n) is 7.66. The Labute approximate surface area is 295 Å². The highest BCUT2D eigenvalue weighted by atomic mass is 32.2. The number of aliphatic carboxylic acids is 1. The first-order valence-electron chi connectivity index (χ1n) is 16.0. The van der Waals surface area contributed by atoms with E-state index in [2.05, 4.69) is 49.5 Å². The molecule has 0 unspecified atom stereocenters. The molecule has 0 bridgehead atoms. The monoisotopic (exact) mass is 723 g/mol. The molecule has 1 saturated heterocycles. The summed E-state index contributed by atoms with van der Waals surface area (Å²) in [7, 11) is 0. The van der Waals surface area contributed by atoms with Crippen LogP contribution >= 0.6 is 24.4 Å². The first-order valence-corrected chi connectivity index (χ1v) is 18.1. The second-order valence-electron chi connectivity index (χ2n) is 11.6. The number of benzene rings is 1. The van der Waals surface area contributed by atoms with Gasteiger partial charge in [0.15, 0.2) is 5.96 Å². The summed E-state index contributed by atoms with van der Waals surface area (Å²) in [6, 6.07) is 3.06. The second-order valence-corrected chi connectivity index (χ2v) is 12.9. The number of nitrogens with zero attached hydrogens (tertiary/aromatic N) is 1. The number of carbonyl (C=O) groups excluding carboxylic acids is 5. The van der Waals surface area contributed by atoms with Crippen molar-refractivity contribution < 1.29 is 33.9 Å². The molecular weight excluding hydrogens is 675 g/mol.